The molecule has 0 radical (unpaired) electrons. The van der Waals surface area contributed by atoms with E-state index in [4.69, 9.17) is 17.3 Å². The molecule has 0 fully saturated rings. The zero-order valence-electron chi connectivity index (χ0n) is 12.6. The van der Waals surface area contributed by atoms with Gasteiger partial charge in [-0.1, -0.05) is 30.8 Å². The maximum Gasteiger partial charge on any atom is 0.337 e. The predicted octanol–water partition coefficient (Wildman–Crippen LogP) is 3.51. The molecule has 23 heavy (non-hydrogen) atoms. The third-order valence-electron chi connectivity index (χ3n) is 2.92. The van der Waals surface area contributed by atoms with Crippen LogP contribution in [0.5, 0.6) is 0 Å². The van der Waals surface area contributed by atoms with E-state index in [-0.39, 0.29) is 33.3 Å². The van der Waals surface area contributed by atoms with E-state index in [1.807, 2.05) is 0 Å². The fraction of sp³-hybridized carbons (Fsp3) is 0.125. The highest BCUT2D eigenvalue weighted by Crippen LogP contribution is 2.21. The SMILES string of the molecule is C=C/C(C(=C)C(=O)OC)=C(\N)N=C(C)c1cc(F)c(Cl)cc1F. The van der Waals surface area contributed by atoms with E-state index in [9.17, 15) is 13.6 Å². The van der Waals surface area contributed by atoms with Crippen molar-refractivity contribution in [2.45, 2.75) is 6.92 Å². The van der Waals surface area contributed by atoms with Crippen molar-refractivity contribution >= 4 is 23.3 Å². The molecule has 1 aromatic rings. The van der Waals surface area contributed by atoms with Crippen molar-refractivity contribution in [1.82, 2.24) is 0 Å². The molecule has 0 aromatic heterocycles. The number of hydrogen-bond donors (Lipinski definition) is 1. The number of halogens is 3. The van der Waals surface area contributed by atoms with Gasteiger partial charge < -0.3 is 10.5 Å². The van der Waals surface area contributed by atoms with Crippen molar-refractivity contribution in [3.8, 4) is 0 Å². The number of benzene rings is 1. The first-order chi connectivity index (χ1) is 10.7. The highest BCUT2D eigenvalue weighted by molar-refractivity contribution is 6.30. The quantitative estimate of drug-likeness (QED) is 0.293. The Morgan fingerprint density at radius 2 is 2.00 bits per heavy atom. The number of allylic oxidation sites excluding steroid dienone is 1. The Kier molecular flexibility index (Phi) is 6.21. The molecule has 2 N–H and O–H groups in total. The van der Waals surface area contributed by atoms with E-state index < -0.39 is 17.6 Å². The first-order valence-corrected chi connectivity index (χ1v) is 6.70. The minimum Gasteiger partial charge on any atom is -0.465 e. The summed E-state index contributed by atoms with van der Waals surface area (Å²) in [4.78, 5) is 15.4. The van der Waals surface area contributed by atoms with Gasteiger partial charge in [0.1, 0.15) is 17.5 Å². The molecule has 0 saturated carbocycles. The number of esters is 1. The van der Waals surface area contributed by atoms with Gasteiger partial charge in [0, 0.05) is 16.8 Å². The second-order valence-corrected chi connectivity index (χ2v) is 4.82. The van der Waals surface area contributed by atoms with E-state index in [1.165, 1.54) is 20.1 Å². The van der Waals surface area contributed by atoms with Gasteiger partial charge in [0.2, 0.25) is 0 Å². The first kappa shape index (κ1) is 18.6. The minimum absolute atomic E-state index is 0.0562. The van der Waals surface area contributed by atoms with Gasteiger partial charge in [-0.2, -0.15) is 0 Å². The zero-order chi connectivity index (χ0) is 17.7. The number of aliphatic imine (C=N–C) groups is 1. The van der Waals surface area contributed by atoms with Gasteiger partial charge in [-0.25, -0.2) is 18.6 Å². The fourth-order valence-corrected chi connectivity index (χ4v) is 1.87. The normalized spacial score (nSPS) is 12.5. The molecule has 0 aliphatic carbocycles. The number of nitrogens with two attached hydrogens (primary N) is 1. The average molecular weight is 341 g/mol. The smallest absolute Gasteiger partial charge is 0.337 e. The van der Waals surface area contributed by atoms with Crippen LogP contribution in [0.2, 0.25) is 5.02 Å². The van der Waals surface area contributed by atoms with Crippen LogP contribution in [0.4, 0.5) is 8.78 Å². The lowest BCUT2D eigenvalue weighted by Crippen LogP contribution is -2.11. The second kappa shape index (κ2) is 7.69. The topological polar surface area (TPSA) is 64.7 Å². The molecule has 4 nitrogen and oxygen atoms in total. The van der Waals surface area contributed by atoms with Gasteiger partial charge in [-0.05, 0) is 19.1 Å². The van der Waals surface area contributed by atoms with Gasteiger partial charge in [-0.15, -0.1) is 0 Å². The molecule has 0 aliphatic rings. The van der Waals surface area contributed by atoms with Crippen LogP contribution in [-0.2, 0) is 9.53 Å². The van der Waals surface area contributed by atoms with E-state index in [0.717, 1.165) is 12.1 Å². The summed E-state index contributed by atoms with van der Waals surface area (Å²) < 4.78 is 31.9. The summed E-state index contributed by atoms with van der Waals surface area (Å²) in [5.41, 5.74) is 5.84. The maximum absolute atomic E-state index is 13.9. The van der Waals surface area contributed by atoms with Crippen molar-refractivity contribution in [2.24, 2.45) is 10.7 Å². The number of carbonyl (C=O) groups excluding carboxylic acids is 1. The van der Waals surface area contributed by atoms with Crippen molar-refractivity contribution in [1.29, 1.82) is 0 Å². The number of hydrogen-bond acceptors (Lipinski definition) is 4. The molecule has 0 heterocycles. The first-order valence-electron chi connectivity index (χ1n) is 6.32. The van der Waals surface area contributed by atoms with Crippen LogP contribution in [0.15, 0.2) is 53.3 Å². The van der Waals surface area contributed by atoms with E-state index in [2.05, 4.69) is 22.9 Å². The van der Waals surface area contributed by atoms with Gasteiger partial charge in [0.05, 0.1) is 17.7 Å². The van der Waals surface area contributed by atoms with Crippen LogP contribution >= 0.6 is 11.6 Å². The highest BCUT2D eigenvalue weighted by atomic mass is 35.5. The Labute approximate surface area is 137 Å². The Balaban J connectivity index is 3.35. The lowest BCUT2D eigenvalue weighted by Gasteiger charge is -2.09. The molecule has 0 spiro atoms. The van der Waals surface area contributed by atoms with Crippen LogP contribution in [0.1, 0.15) is 12.5 Å². The van der Waals surface area contributed by atoms with Gasteiger partial charge in [0.15, 0.2) is 0 Å². The standard InChI is InChI=1S/C16H15ClF2N2O2/c1-5-10(8(2)16(22)23-4)15(20)21-9(3)11-6-14(19)12(17)7-13(11)18/h5-7H,1-2,20H2,3-4H3/b15-10-,21-9?. The molecule has 0 amide bonds. The van der Waals surface area contributed by atoms with Crippen LogP contribution in [0.25, 0.3) is 0 Å². The number of methoxy groups -OCH3 is 1. The van der Waals surface area contributed by atoms with Crippen molar-refractivity contribution in [3.05, 3.63) is 70.6 Å². The predicted molar refractivity (Wildman–Crippen MR) is 86.1 cm³/mol. The van der Waals surface area contributed by atoms with Crippen LogP contribution < -0.4 is 5.73 Å². The summed E-state index contributed by atoms with van der Waals surface area (Å²) in [5, 5.41) is -0.339. The lowest BCUT2D eigenvalue weighted by atomic mass is 10.1. The molecule has 0 saturated heterocycles. The van der Waals surface area contributed by atoms with Gasteiger partial charge in [0.25, 0.3) is 0 Å². The number of carbonyl (C=O) groups is 1. The van der Waals surface area contributed by atoms with Crippen LogP contribution in [0, 0.1) is 11.6 Å². The van der Waals surface area contributed by atoms with E-state index >= 15 is 0 Å². The van der Waals surface area contributed by atoms with Crippen LogP contribution in [-0.4, -0.2) is 18.8 Å². The Morgan fingerprint density at radius 3 is 2.52 bits per heavy atom. The summed E-state index contributed by atoms with van der Waals surface area (Å²) >= 11 is 5.50. The summed E-state index contributed by atoms with van der Waals surface area (Å²) in [7, 11) is 1.19. The third kappa shape index (κ3) is 4.26. The van der Waals surface area contributed by atoms with Crippen molar-refractivity contribution in [3.63, 3.8) is 0 Å². The molecule has 0 aliphatic heterocycles. The van der Waals surface area contributed by atoms with Crippen molar-refractivity contribution < 1.29 is 18.3 Å². The number of ether oxygens (including phenoxy) is 1. The molecule has 7 heteroatoms. The molecule has 1 aromatic carbocycles. The number of rotatable bonds is 5. The molecule has 0 bridgehead atoms. The third-order valence-corrected chi connectivity index (χ3v) is 3.21. The molecule has 122 valence electrons. The van der Waals surface area contributed by atoms with E-state index in [1.54, 1.807) is 0 Å². The Hall–Kier alpha value is -2.47. The summed E-state index contributed by atoms with van der Waals surface area (Å²) in [5.74, 6) is -2.39. The molecule has 1 rings (SSSR count). The monoisotopic (exact) mass is 340 g/mol. The zero-order valence-corrected chi connectivity index (χ0v) is 13.4. The Morgan fingerprint density at radius 1 is 1.39 bits per heavy atom. The summed E-state index contributed by atoms with van der Waals surface area (Å²) in [6.45, 7) is 8.48. The Bertz CT molecular complexity index is 740. The minimum atomic E-state index is -0.789. The molecular formula is C16H15ClF2N2O2. The van der Waals surface area contributed by atoms with Gasteiger partial charge in [-0.3, -0.25) is 0 Å². The summed E-state index contributed by atoms with van der Waals surface area (Å²) in [6, 6.07) is 1.75. The highest BCUT2D eigenvalue weighted by Gasteiger charge is 2.15. The number of nitrogens with zero attached hydrogens (tertiary/aromatic N) is 1. The largest absolute Gasteiger partial charge is 0.465 e. The van der Waals surface area contributed by atoms with E-state index in [0.29, 0.717) is 0 Å². The second-order valence-electron chi connectivity index (χ2n) is 4.42. The molecular weight excluding hydrogens is 326 g/mol. The fourth-order valence-electron chi connectivity index (χ4n) is 1.72. The lowest BCUT2D eigenvalue weighted by molar-refractivity contribution is -0.135. The molecule has 0 atom stereocenters. The summed E-state index contributed by atoms with van der Waals surface area (Å²) in [6.07, 6.45) is 1.27. The van der Waals surface area contributed by atoms with Crippen molar-refractivity contribution in [2.75, 3.05) is 7.11 Å². The maximum atomic E-state index is 13.9. The van der Waals surface area contributed by atoms with Gasteiger partial charge >= 0.3 is 5.97 Å². The molecule has 0 unspecified atom stereocenters. The average Bonchev–Trinajstić information content (AvgIpc) is 2.50. The van der Waals surface area contributed by atoms with Crippen LogP contribution in [0.3, 0.4) is 0 Å².